The standard InChI is InChI=1S/C30H54N12O10/c1-14(2)22(41-25(48)16(31)6-4-10-36-30(34)35)29(52)42-11-5-7-20(42)28(51)40-19(13-44)27(50)37-15(3)24(47)38-17(8-9-21(32)45)26(49)39-18(12-43)23(33)46/h14-20,22,43-44H,4-13,31H2,1-3H3,(H2,32,45)(H2,33,46)(H,37,50)(H,38,47)(H,39,49)(H,40,51)(H,41,48)(H4,34,35,36)/t15-,16-,17-,18-,19-,20-,22-/m0/s1. The summed E-state index contributed by atoms with van der Waals surface area (Å²) in [6.45, 7) is 3.37. The van der Waals surface area contributed by atoms with Gasteiger partial charge in [0.25, 0.3) is 0 Å². The van der Waals surface area contributed by atoms with E-state index in [4.69, 9.17) is 28.7 Å². The topological polar surface area (TPSA) is 383 Å². The first-order chi connectivity index (χ1) is 24.3. The first-order valence-electron chi connectivity index (χ1n) is 16.8. The monoisotopic (exact) mass is 742 g/mol. The third-order valence-electron chi connectivity index (χ3n) is 8.10. The number of likely N-dealkylation sites (tertiary alicyclic amines) is 1. The smallest absolute Gasteiger partial charge is 0.246 e. The maximum absolute atomic E-state index is 13.6. The number of guanidine groups is 1. The molecule has 0 aromatic heterocycles. The van der Waals surface area contributed by atoms with E-state index in [-0.39, 0.29) is 50.7 Å². The van der Waals surface area contributed by atoms with Crippen LogP contribution >= 0.6 is 0 Å². The Bertz CT molecular complexity index is 1330. The number of carbonyl (C=O) groups excluding carboxylic acids is 8. The van der Waals surface area contributed by atoms with Gasteiger partial charge in [-0.1, -0.05) is 13.8 Å². The van der Waals surface area contributed by atoms with Gasteiger partial charge in [-0.25, -0.2) is 0 Å². The van der Waals surface area contributed by atoms with E-state index in [0.717, 1.165) is 0 Å². The average Bonchev–Trinajstić information content (AvgIpc) is 3.57. The second-order valence-corrected chi connectivity index (χ2v) is 12.7. The molecule has 0 unspecified atom stereocenters. The molecule has 1 saturated heterocycles. The molecule has 1 rings (SSSR count). The molecule has 1 aliphatic heterocycles. The summed E-state index contributed by atoms with van der Waals surface area (Å²) in [7, 11) is 0. The van der Waals surface area contributed by atoms with Gasteiger partial charge in [-0.05, 0) is 44.9 Å². The number of amides is 8. The van der Waals surface area contributed by atoms with Gasteiger partial charge in [-0.15, -0.1) is 0 Å². The highest BCUT2D eigenvalue weighted by Crippen LogP contribution is 2.21. The number of aliphatic imine (C=N–C) groups is 1. The van der Waals surface area contributed by atoms with Gasteiger partial charge in [-0.2, -0.15) is 0 Å². The fourth-order valence-electron chi connectivity index (χ4n) is 5.08. The van der Waals surface area contributed by atoms with Crippen molar-refractivity contribution in [1.82, 2.24) is 31.5 Å². The number of nitrogens with zero attached hydrogens (tertiary/aromatic N) is 2. The van der Waals surface area contributed by atoms with Crippen LogP contribution in [-0.4, -0.2) is 137 Å². The summed E-state index contributed by atoms with van der Waals surface area (Å²) in [5.41, 5.74) is 26.9. The lowest BCUT2D eigenvalue weighted by atomic mass is 10.0. The van der Waals surface area contributed by atoms with E-state index in [1.165, 1.54) is 11.8 Å². The summed E-state index contributed by atoms with van der Waals surface area (Å²) in [5.74, 6) is -7.10. The van der Waals surface area contributed by atoms with E-state index in [2.05, 4.69) is 31.6 Å². The first kappa shape index (κ1) is 44.9. The van der Waals surface area contributed by atoms with Crippen molar-refractivity contribution in [2.75, 3.05) is 26.3 Å². The van der Waals surface area contributed by atoms with Crippen molar-refractivity contribution in [3.63, 3.8) is 0 Å². The van der Waals surface area contributed by atoms with E-state index in [1.54, 1.807) is 13.8 Å². The number of rotatable bonds is 22. The zero-order chi connectivity index (χ0) is 39.7. The average molecular weight is 743 g/mol. The predicted molar refractivity (Wildman–Crippen MR) is 185 cm³/mol. The highest BCUT2D eigenvalue weighted by atomic mass is 16.3. The molecule has 7 atom stereocenters. The highest BCUT2D eigenvalue weighted by molar-refractivity contribution is 5.97. The van der Waals surface area contributed by atoms with Gasteiger partial charge in [0.15, 0.2) is 5.96 Å². The van der Waals surface area contributed by atoms with Gasteiger partial charge in [0.05, 0.1) is 19.3 Å². The molecule has 0 aromatic rings. The molecule has 0 spiro atoms. The lowest BCUT2D eigenvalue weighted by Crippen LogP contribution is -2.60. The van der Waals surface area contributed by atoms with Crippen LogP contribution in [0.1, 0.15) is 59.3 Å². The largest absolute Gasteiger partial charge is 0.394 e. The minimum absolute atomic E-state index is 0.0923. The normalized spacial score (nSPS) is 17.4. The minimum atomic E-state index is -1.56. The van der Waals surface area contributed by atoms with E-state index < -0.39 is 103 Å². The first-order valence-corrected chi connectivity index (χ1v) is 16.8. The zero-order valence-corrected chi connectivity index (χ0v) is 29.6. The summed E-state index contributed by atoms with van der Waals surface area (Å²) in [6.07, 6.45) is 0.672. The van der Waals surface area contributed by atoms with Gasteiger partial charge in [0.2, 0.25) is 47.3 Å². The third-order valence-corrected chi connectivity index (χ3v) is 8.10. The number of hydrogen-bond acceptors (Lipinski definition) is 12. The van der Waals surface area contributed by atoms with Crippen LogP contribution in [0.3, 0.4) is 0 Å². The molecule has 0 aromatic carbocycles. The molecule has 0 aliphatic carbocycles. The van der Waals surface area contributed by atoms with Crippen molar-refractivity contribution in [1.29, 1.82) is 0 Å². The van der Waals surface area contributed by atoms with Crippen LogP contribution in [0.25, 0.3) is 0 Å². The van der Waals surface area contributed by atoms with Crippen LogP contribution in [0.4, 0.5) is 0 Å². The Morgan fingerprint density at radius 2 is 1.37 bits per heavy atom. The minimum Gasteiger partial charge on any atom is -0.394 e. The Labute approximate surface area is 300 Å². The zero-order valence-electron chi connectivity index (χ0n) is 29.6. The molecule has 1 heterocycles. The number of hydrogen-bond donors (Lipinski definition) is 12. The number of aliphatic hydroxyl groups excluding tert-OH is 2. The predicted octanol–water partition coefficient (Wildman–Crippen LogP) is -6.81. The van der Waals surface area contributed by atoms with E-state index >= 15 is 0 Å². The second-order valence-electron chi connectivity index (χ2n) is 12.7. The summed E-state index contributed by atoms with van der Waals surface area (Å²) in [5, 5.41) is 31.0. The van der Waals surface area contributed by atoms with Crippen molar-refractivity contribution >= 4 is 53.2 Å². The van der Waals surface area contributed by atoms with E-state index in [0.29, 0.717) is 12.8 Å². The molecule has 0 saturated carbocycles. The number of nitrogens with two attached hydrogens (primary N) is 5. The number of primary amides is 2. The van der Waals surface area contributed by atoms with Crippen molar-refractivity contribution in [2.24, 2.45) is 39.6 Å². The summed E-state index contributed by atoms with van der Waals surface area (Å²) in [4.78, 5) is 106. The van der Waals surface area contributed by atoms with Gasteiger partial charge in [-0.3, -0.25) is 43.3 Å². The number of nitrogens with one attached hydrogen (secondary N) is 5. The maximum atomic E-state index is 13.6. The molecule has 8 amide bonds. The molecule has 22 heteroatoms. The summed E-state index contributed by atoms with van der Waals surface area (Å²) in [6, 6.07) is -8.86. The maximum Gasteiger partial charge on any atom is 0.246 e. The molecule has 294 valence electrons. The quantitative estimate of drug-likeness (QED) is 0.0279. The molecule has 22 nitrogen and oxygen atoms in total. The van der Waals surface area contributed by atoms with Gasteiger partial charge >= 0.3 is 0 Å². The summed E-state index contributed by atoms with van der Waals surface area (Å²) < 4.78 is 0. The molecule has 52 heavy (non-hydrogen) atoms. The number of aliphatic hydroxyl groups is 2. The number of carbonyl (C=O) groups is 8. The third kappa shape index (κ3) is 14.6. The van der Waals surface area contributed by atoms with Gasteiger partial charge < -0.3 is 70.4 Å². The fourth-order valence-corrected chi connectivity index (χ4v) is 5.08. The molecular formula is C30H54N12O10. The Kier molecular flexibility index (Phi) is 19.0. The molecule has 0 radical (unpaired) electrons. The second kappa shape index (κ2) is 22.0. The van der Waals surface area contributed by atoms with Crippen LogP contribution in [0.2, 0.25) is 0 Å². The fraction of sp³-hybridized carbons (Fsp3) is 0.700. The highest BCUT2D eigenvalue weighted by Gasteiger charge is 2.40. The molecule has 0 bridgehead atoms. The van der Waals surface area contributed by atoms with Gasteiger partial charge in [0, 0.05) is 19.5 Å². The molecule has 1 fully saturated rings. The van der Waals surface area contributed by atoms with Crippen molar-refractivity contribution in [3.05, 3.63) is 0 Å². The molecule has 17 N–H and O–H groups in total. The van der Waals surface area contributed by atoms with Crippen molar-refractivity contribution < 1.29 is 48.6 Å². The van der Waals surface area contributed by atoms with Crippen LogP contribution in [0.5, 0.6) is 0 Å². The lowest BCUT2D eigenvalue weighted by molar-refractivity contribution is -0.143. The van der Waals surface area contributed by atoms with Crippen molar-refractivity contribution in [3.8, 4) is 0 Å². The van der Waals surface area contributed by atoms with Gasteiger partial charge in [0.1, 0.15) is 36.3 Å². The Balaban J connectivity index is 2.92. The van der Waals surface area contributed by atoms with E-state index in [1.807, 2.05) is 0 Å². The van der Waals surface area contributed by atoms with Crippen LogP contribution in [0, 0.1) is 5.92 Å². The van der Waals surface area contributed by atoms with Crippen LogP contribution < -0.4 is 55.3 Å². The lowest BCUT2D eigenvalue weighted by Gasteiger charge is -2.31. The summed E-state index contributed by atoms with van der Waals surface area (Å²) >= 11 is 0. The van der Waals surface area contributed by atoms with Crippen molar-refractivity contribution in [2.45, 2.75) is 102 Å². The Hall–Kier alpha value is -5.09. The van der Waals surface area contributed by atoms with Crippen LogP contribution in [0.15, 0.2) is 4.99 Å². The SMILES string of the molecule is CC(C)[C@H](NC(=O)[C@@H](N)CCCN=C(N)N)C(=O)N1CCC[C@H]1C(=O)N[C@@H](CO)C(=O)N[C@@H](C)C(=O)N[C@@H](CCC(N)=O)C(=O)N[C@@H](CO)C(N)=O. The Morgan fingerprint density at radius 1 is 0.769 bits per heavy atom. The van der Waals surface area contributed by atoms with E-state index in [9.17, 15) is 48.6 Å². The Morgan fingerprint density at radius 3 is 1.90 bits per heavy atom. The molecule has 1 aliphatic rings. The molecular weight excluding hydrogens is 688 g/mol. The van der Waals surface area contributed by atoms with Crippen LogP contribution in [-0.2, 0) is 38.4 Å².